The first-order valence-electron chi connectivity index (χ1n) is 31.1. The molecule has 1 fully saturated rings. The van der Waals surface area contributed by atoms with Crippen molar-refractivity contribution < 1.29 is 87.6 Å². The lowest BCUT2D eigenvalue weighted by molar-refractivity contribution is -0.280. The number of allylic oxidation sites excluding steroid dienone is 1. The number of carbonyl (C=O) groups is 7. The van der Waals surface area contributed by atoms with Crippen molar-refractivity contribution in [3.8, 4) is 38.4 Å². The van der Waals surface area contributed by atoms with Crippen LogP contribution >= 0.6 is 56.7 Å². The van der Waals surface area contributed by atoms with Crippen molar-refractivity contribution in [1.82, 2.24) is 71.0 Å². The molecule has 8 aromatic rings. The molecule has 1 saturated heterocycles. The number of thiazole rings is 5. The Bertz CT molecular complexity index is 4520. The lowest BCUT2D eigenvalue weighted by Crippen LogP contribution is -2.62. The van der Waals surface area contributed by atoms with E-state index in [0.717, 1.165) is 56.7 Å². The van der Waals surface area contributed by atoms with E-state index in [0.29, 0.717) is 23.4 Å². The SMILES string of the molecule is CO/C(C)=C1/NC(=O)C(C(C)O)NC(=O)c2csc(n2)-c2cc(O)c(-c3nc(C(=O)NCCN(C)CCO)cs3)nc2-c2csc(n2)C2COC(=O)c3c4c5c(cccc5n3O)COC(=O)C(OC3CC(C)(O)C(N(C)C)C(C)O3)C(OC4)C(NC(=O)c3csc1n3)c1nc(cs1)C(=O)N2. The third kappa shape index (κ3) is 14.4. The number of rotatable bonds is 12. The van der Waals surface area contributed by atoms with E-state index in [2.05, 4.69) is 41.5 Å². The van der Waals surface area contributed by atoms with Crippen molar-refractivity contribution in [3.05, 3.63) is 112 Å². The van der Waals surface area contributed by atoms with Gasteiger partial charge in [0.15, 0.2) is 18.1 Å². The van der Waals surface area contributed by atoms with Crippen LogP contribution in [0.15, 0.2) is 56.9 Å². The van der Waals surface area contributed by atoms with Crippen LogP contribution in [0.25, 0.3) is 49.3 Å². The van der Waals surface area contributed by atoms with Gasteiger partial charge in [-0.2, -0.15) is 4.73 Å². The van der Waals surface area contributed by atoms with E-state index >= 15 is 19.2 Å². The summed E-state index contributed by atoms with van der Waals surface area (Å²) in [4.78, 5) is 135. The average Bonchev–Trinajstić information content (AvgIpc) is 1.55. The van der Waals surface area contributed by atoms with Gasteiger partial charge in [0.25, 0.3) is 23.6 Å². The molecule has 32 nitrogen and oxygen atoms in total. The van der Waals surface area contributed by atoms with Gasteiger partial charge in [0.05, 0.1) is 49.7 Å². The number of cyclic esters (lactones) is 2. The van der Waals surface area contributed by atoms with Crippen molar-refractivity contribution in [2.75, 3.05) is 61.1 Å². The predicted molar refractivity (Wildman–Crippen MR) is 361 cm³/mol. The summed E-state index contributed by atoms with van der Waals surface area (Å²) >= 11 is 4.67. The summed E-state index contributed by atoms with van der Waals surface area (Å²) < 4.78 is 38.3. The molecule has 10 N–H and O–H groups in total. The van der Waals surface area contributed by atoms with Crippen LogP contribution in [0, 0.1) is 0 Å². The minimum absolute atomic E-state index is 0.00720. The maximum Gasteiger partial charge on any atom is 0.358 e. The van der Waals surface area contributed by atoms with E-state index in [1.54, 1.807) is 57.4 Å². The average molecular weight is 1470 g/mol. The number of esters is 2. The van der Waals surface area contributed by atoms with Gasteiger partial charge in [0, 0.05) is 69.5 Å². The standard InChI is InChI=1S/C63H68N14O18S5/c1-26(79)42-55(85)73-43(27(2)90-8)58-69-37(25-98-58)54(84)74-46-48-49(95-40-17-63(4,88)50(75(5)6)28(3)94-40)62(87)92-18-29-10-9-11-38-41(29)31(19-91-48)47(77(38)89)61(86)93-20-32(65-52(82)35-24-100-60(46)70-35)57-66-33(21-97-57)44-30(56-67-36(23-96-56)53(83)72-42)16-39(80)45(71-44)59-68-34(22-99-59)51(81)64-12-13-76(7)14-15-78/h9-11,16,21-26,28,32,40,42,46,48-50,78-80,88-89H,12-15,17-20H2,1-8H3,(H,64,81)(H,65,82)(H,72,83)(H,73,85)(H,74,84)/b43-27+. The normalized spacial score (nSPS) is 23.9. The van der Waals surface area contributed by atoms with Crippen LogP contribution in [0.3, 0.4) is 0 Å². The van der Waals surface area contributed by atoms with Crippen LogP contribution in [-0.2, 0) is 51.2 Å². The van der Waals surface area contributed by atoms with Gasteiger partial charge in [0.1, 0.15) is 120 Å². The molecule has 0 saturated carbocycles. The smallest absolute Gasteiger partial charge is 0.358 e. The van der Waals surface area contributed by atoms with Crippen molar-refractivity contribution in [2.45, 2.75) is 108 Å². The summed E-state index contributed by atoms with van der Waals surface area (Å²) in [5, 5.41) is 77.9. The molecule has 100 heavy (non-hydrogen) atoms. The topological polar surface area (TPSA) is 425 Å². The summed E-state index contributed by atoms with van der Waals surface area (Å²) in [5.41, 5.74) is -2.29. The third-order valence-corrected chi connectivity index (χ3v) is 21.5. The molecule has 1 aromatic carbocycles. The number of likely N-dealkylation sites (N-methyl/N-ethyl adjacent to an activating group) is 2. The predicted octanol–water partition coefficient (Wildman–Crippen LogP) is 3.82. The van der Waals surface area contributed by atoms with Gasteiger partial charge in [-0.1, -0.05) is 12.1 Å². The van der Waals surface area contributed by atoms with Gasteiger partial charge in [-0.05, 0) is 66.5 Å². The highest BCUT2D eigenvalue weighted by molar-refractivity contribution is 7.14. The molecule has 5 amide bonds. The Morgan fingerprint density at radius 3 is 2.25 bits per heavy atom. The van der Waals surface area contributed by atoms with Crippen molar-refractivity contribution in [1.29, 1.82) is 0 Å². The van der Waals surface area contributed by atoms with E-state index in [1.807, 2.05) is 4.90 Å². The lowest BCUT2D eigenvalue weighted by Gasteiger charge is -2.48. The number of nitrogens with zero attached hydrogens (tertiary/aromatic N) is 9. The molecular weight excluding hydrogens is 1400 g/mol. The number of hydrogen-bond donors (Lipinski definition) is 10. The van der Waals surface area contributed by atoms with Gasteiger partial charge in [0.2, 0.25) is 5.91 Å². The Hall–Kier alpha value is -8.83. The molecule has 0 spiro atoms. The highest BCUT2D eigenvalue weighted by atomic mass is 32.1. The second-order valence-corrected chi connectivity index (χ2v) is 28.7. The molecular formula is C63H68N14O18S5. The molecule has 10 atom stereocenters. The van der Waals surface area contributed by atoms with Crippen molar-refractivity contribution in [3.63, 3.8) is 0 Å². The van der Waals surface area contributed by atoms with Gasteiger partial charge in [-0.15, -0.1) is 56.7 Å². The largest absolute Gasteiger partial charge is 0.506 e. The first-order valence-corrected chi connectivity index (χ1v) is 35.5. The van der Waals surface area contributed by atoms with Crippen LogP contribution < -0.4 is 26.6 Å². The molecule has 11 heterocycles. The second kappa shape index (κ2) is 29.4. The molecule has 10 unspecified atom stereocenters. The number of benzene rings is 1. The summed E-state index contributed by atoms with van der Waals surface area (Å²) in [6.07, 6.45) is -7.50. The van der Waals surface area contributed by atoms with E-state index in [4.69, 9.17) is 43.4 Å². The Labute approximate surface area is 588 Å². The zero-order chi connectivity index (χ0) is 71.2. The first-order chi connectivity index (χ1) is 47.8. The van der Waals surface area contributed by atoms with Crippen LogP contribution in [0.4, 0.5) is 0 Å². The number of amides is 5. The molecule has 12 rings (SSSR count). The van der Waals surface area contributed by atoms with E-state index in [-0.39, 0.29) is 118 Å². The van der Waals surface area contributed by atoms with Crippen molar-refractivity contribution in [2.24, 2.45) is 0 Å². The Morgan fingerprint density at radius 1 is 0.840 bits per heavy atom. The van der Waals surface area contributed by atoms with Crippen LogP contribution in [0.1, 0.15) is 125 Å². The molecule has 37 heteroatoms. The fourth-order valence-electron chi connectivity index (χ4n) is 12.2. The van der Waals surface area contributed by atoms with Crippen LogP contribution in [-0.4, -0.2) is 221 Å². The number of aliphatic hydroxyl groups excluding tert-OH is 2. The van der Waals surface area contributed by atoms with E-state index < -0.39 is 133 Å². The number of ether oxygens (including phenoxy) is 6. The van der Waals surface area contributed by atoms with Crippen molar-refractivity contribution >= 4 is 115 Å². The van der Waals surface area contributed by atoms with Crippen LogP contribution in [0.5, 0.6) is 5.75 Å². The molecule has 0 aliphatic carbocycles. The fraction of sp³-hybridized carbons (Fsp3) is 0.413. The highest BCUT2D eigenvalue weighted by Crippen LogP contribution is 2.43. The first kappa shape index (κ1) is 71.0. The molecule has 0 radical (unpaired) electrons. The zero-order valence-corrected chi connectivity index (χ0v) is 58.7. The van der Waals surface area contributed by atoms with Crippen LogP contribution in [0.2, 0.25) is 0 Å². The van der Waals surface area contributed by atoms with Gasteiger partial charge >= 0.3 is 11.9 Å². The summed E-state index contributed by atoms with van der Waals surface area (Å²) in [7, 11) is 6.64. The van der Waals surface area contributed by atoms with E-state index in [9.17, 15) is 40.0 Å². The summed E-state index contributed by atoms with van der Waals surface area (Å²) in [6.45, 7) is 5.29. The number of hydrogen-bond acceptors (Lipinski definition) is 31. The highest BCUT2D eigenvalue weighted by Gasteiger charge is 2.50. The lowest BCUT2D eigenvalue weighted by atomic mass is 9.85. The number of aromatic nitrogens is 7. The monoisotopic (exact) mass is 1470 g/mol. The second-order valence-electron chi connectivity index (χ2n) is 24.3. The third-order valence-electron chi connectivity index (χ3n) is 17.0. The van der Waals surface area contributed by atoms with E-state index in [1.165, 1.54) is 54.6 Å². The Balaban J connectivity index is 1.02. The number of carbonyl (C=O) groups excluding carboxylic acids is 7. The Kier molecular flexibility index (Phi) is 20.9. The molecule has 4 aliphatic heterocycles. The molecule has 528 valence electrons. The maximum absolute atomic E-state index is 15.2. The minimum atomic E-state index is -1.91. The number of aromatic hydroxyl groups is 1. The van der Waals surface area contributed by atoms with Gasteiger partial charge in [-0.3, -0.25) is 24.0 Å². The molecule has 7 aromatic heterocycles. The summed E-state index contributed by atoms with van der Waals surface area (Å²) in [5.74, 6) is -6.76. The number of methoxy groups -OCH3 is 1. The number of aliphatic hydroxyl groups is 3. The molecule has 4 aliphatic rings. The number of nitrogens with one attached hydrogen (secondary N) is 5. The quantitative estimate of drug-likeness (QED) is 0.0472. The number of fused-ring (bicyclic) bond motifs is 15. The number of pyridine rings is 1. The maximum atomic E-state index is 15.2. The molecule has 12 bridgehead atoms. The summed E-state index contributed by atoms with van der Waals surface area (Å²) in [6, 6.07) is 0.784. The minimum Gasteiger partial charge on any atom is -0.506 e. The Morgan fingerprint density at radius 2 is 1.52 bits per heavy atom. The fourth-order valence-corrected chi connectivity index (χ4v) is 16.4. The zero-order valence-electron chi connectivity index (χ0n) is 54.7. The van der Waals surface area contributed by atoms with Gasteiger partial charge in [-0.25, -0.2) is 39.5 Å². The van der Waals surface area contributed by atoms with Gasteiger partial charge < -0.3 is 90.4 Å².